The standard InChI is InChI=1S/C9H9N3OS/c1-12(2)8-7-3-6(4-13)14-9(7)11-5-10-8/h3-5H,1-2H3. The summed E-state index contributed by atoms with van der Waals surface area (Å²) in [5, 5.41) is 0.935. The quantitative estimate of drug-likeness (QED) is 0.701. The molecule has 0 aliphatic carbocycles. The highest BCUT2D eigenvalue weighted by Gasteiger charge is 2.08. The molecule has 0 unspecified atom stereocenters. The molecule has 0 saturated carbocycles. The van der Waals surface area contributed by atoms with E-state index in [9.17, 15) is 4.79 Å². The van der Waals surface area contributed by atoms with E-state index < -0.39 is 0 Å². The van der Waals surface area contributed by atoms with E-state index in [1.54, 1.807) is 0 Å². The minimum atomic E-state index is 0.684. The first-order valence-corrected chi connectivity index (χ1v) is 4.91. The number of hydrogen-bond acceptors (Lipinski definition) is 5. The smallest absolute Gasteiger partial charge is 0.160 e. The molecule has 2 aromatic heterocycles. The summed E-state index contributed by atoms with van der Waals surface area (Å²) in [5.41, 5.74) is 0. The number of fused-ring (bicyclic) bond motifs is 1. The van der Waals surface area contributed by atoms with Crippen LogP contribution in [0.3, 0.4) is 0 Å². The van der Waals surface area contributed by atoms with Crippen molar-refractivity contribution >= 4 is 33.7 Å². The fourth-order valence-corrected chi connectivity index (χ4v) is 2.08. The molecule has 0 N–H and O–H groups in total. The molecular weight excluding hydrogens is 198 g/mol. The van der Waals surface area contributed by atoms with Crippen LogP contribution >= 0.6 is 11.3 Å². The molecule has 0 bridgehead atoms. The van der Waals surface area contributed by atoms with Crippen molar-refractivity contribution in [3.05, 3.63) is 17.3 Å². The fourth-order valence-electron chi connectivity index (χ4n) is 1.28. The Balaban J connectivity index is 2.72. The molecule has 2 heterocycles. The van der Waals surface area contributed by atoms with Gasteiger partial charge in [-0.05, 0) is 6.07 Å². The van der Waals surface area contributed by atoms with Crippen molar-refractivity contribution in [2.45, 2.75) is 0 Å². The van der Waals surface area contributed by atoms with Crippen molar-refractivity contribution in [2.24, 2.45) is 0 Å². The van der Waals surface area contributed by atoms with Gasteiger partial charge in [0, 0.05) is 14.1 Å². The molecule has 0 aromatic carbocycles. The van der Waals surface area contributed by atoms with Gasteiger partial charge in [-0.3, -0.25) is 4.79 Å². The summed E-state index contributed by atoms with van der Waals surface area (Å²) in [4.78, 5) is 22.3. The summed E-state index contributed by atoms with van der Waals surface area (Å²) in [6.07, 6.45) is 2.36. The Kier molecular flexibility index (Phi) is 2.17. The third kappa shape index (κ3) is 1.35. The molecule has 4 nitrogen and oxygen atoms in total. The average Bonchev–Trinajstić information content (AvgIpc) is 2.59. The predicted octanol–water partition coefficient (Wildman–Crippen LogP) is 1.57. The molecule has 2 rings (SSSR count). The molecule has 0 aliphatic rings. The molecule has 0 saturated heterocycles. The highest BCUT2D eigenvalue weighted by molar-refractivity contribution is 7.20. The molecule has 14 heavy (non-hydrogen) atoms. The molecule has 72 valence electrons. The number of thiophene rings is 1. The number of carbonyl (C=O) groups excluding carboxylic acids is 1. The largest absolute Gasteiger partial charge is 0.362 e. The first kappa shape index (κ1) is 9.08. The zero-order valence-electron chi connectivity index (χ0n) is 7.89. The number of aromatic nitrogens is 2. The van der Waals surface area contributed by atoms with Crippen LogP contribution in [0.5, 0.6) is 0 Å². The first-order chi connectivity index (χ1) is 6.72. The number of carbonyl (C=O) groups is 1. The van der Waals surface area contributed by atoms with Crippen LogP contribution in [0, 0.1) is 0 Å². The van der Waals surface area contributed by atoms with Crippen molar-refractivity contribution in [1.29, 1.82) is 0 Å². The normalized spacial score (nSPS) is 10.4. The lowest BCUT2D eigenvalue weighted by Gasteiger charge is -2.10. The zero-order chi connectivity index (χ0) is 10.1. The van der Waals surface area contributed by atoms with Gasteiger partial charge >= 0.3 is 0 Å². The third-order valence-corrected chi connectivity index (χ3v) is 2.84. The van der Waals surface area contributed by atoms with E-state index in [1.165, 1.54) is 17.7 Å². The van der Waals surface area contributed by atoms with Crippen LogP contribution in [0.4, 0.5) is 5.82 Å². The second-order valence-electron chi connectivity index (χ2n) is 3.08. The molecule has 2 aromatic rings. The number of nitrogens with zero attached hydrogens (tertiary/aromatic N) is 3. The van der Waals surface area contributed by atoms with Gasteiger partial charge in [-0.15, -0.1) is 11.3 Å². The van der Waals surface area contributed by atoms with Gasteiger partial charge in [0.15, 0.2) is 6.29 Å². The van der Waals surface area contributed by atoms with Crippen molar-refractivity contribution in [3.63, 3.8) is 0 Å². The molecule has 0 spiro atoms. The summed E-state index contributed by atoms with van der Waals surface area (Å²) in [6, 6.07) is 1.82. The molecule has 0 amide bonds. The topological polar surface area (TPSA) is 46.1 Å². The lowest BCUT2D eigenvalue weighted by molar-refractivity contribution is 0.112. The summed E-state index contributed by atoms with van der Waals surface area (Å²) in [7, 11) is 3.83. The highest BCUT2D eigenvalue weighted by atomic mass is 32.1. The van der Waals surface area contributed by atoms with Crippen LogP contribution in [0.1, 0.15) is 9.67 Å². The van der Waals surface area contributed by atoms with Gasteiger partial charge in [-0.2, -0.15) is 0 Å². The van der Waals surface area contributed by atoms with Gasteiger partial charge in [0.1, 0.15) is 17.0 Å². The lowest BCUT2D eigenvalue weighted by atomic mass is 10.3. The maximum Gasteiger partial charge on any atom is 0.160 e. The van der Waals surface area contributed by atoms with Gasteiger partial charge < -0.3 is 4.90 Å². The van der Waals surface area contributed by atoms with Crippen molar-refractivity contribution < 1.29 is 4.79 Å². The van der Waals surface area contributed by atoms with Crippen LogP contribution in [-0.4, -0.2) is 30.3 Å². The van der Waals surface area contributed by atoms with Gasteiger partial charge in [0.05, 0.1) is 10.3 Å². The van der Waals surface area contributed by atoms with E-state index in [1.807, 2.05) is 25.1 Å². The number of anilines is 1. The summed E-state index contributed by atoms with van der Waals surface area (Å²) >= 11 is 1.38. The Hall–Kier alpha value is -1.49. The van der Waals surface area contributed by atoms with Crippen molar-refractivity contribution in [1.82, 2.24) is 9.97 Å². The SMILES string of the molecule is CN(C)c1ncnc2sc(C=O)cc12. The van der Waals surface area contributed by atoms with E-state index >= 15 is 0 Å². The van der Waals surface area contributed by atoms with Crippen molar-refractivity contribution in [2.75, 3.05) is 19.0 Å². The maximum absolute atomic E-state index is 10.6. The first-order valence-electron chi connectivity index (χ1n) is 4.09. The van der Waals surface area contributed by atoms with Gasteiger partial charge in [0.2, 0.25) is 0 Å². The second-order valence-corrected chi connectivity index (χ2v) is 4.14. The zero-order valence-corrected chi connectivity index (χ0v) is 8.71. The Morgan fingerprint density at radius 1 is 1.43 bits per heavy atom. The Morgan fingerprint density at radius 2 is 2.21 bits per heavy atom. The molecule has 0 fully saturated rings. The minimum absolute atomic E-state index is 0.684. The predicted molar refractivity (Wildman–Crippen MR) is 57.1 cm³/mol. The number of hydrogen-bond donors (Lipinski definition) is 0. The Labute approximate surface area is 85.2 Å². The average molecular weight is 207 g/mol. The van der Waals surface area contributed by atoms with E-state index in [4.69, 9.17) is 0 Å². The number of aldehydes is 1. The fraction of sp³-hybridized carbons (Fsp3) is 0.222. The van der Waals surface area contributed by atoms with Crippen LogP contribution in [0.25, 0.3) is 10.2 Å². The van der Waals surface area contributed by atoms with Crippen LogP contribution in [0.15, 0.2) is 12.4 Å². The second kappa shape index (κ2) is 3.34. The molecular formula is C9H9N3OS. The Bertz CT molecular complexity index is 478. The minimum Gasteiger partial charge on any atom is -0.362 e. The van der Waals surface area contributed by atoms with Crippen molar-refractivity contribution in [3.8, 4) is 0 Å². The molecule has 0 aliphatic heterocycles. The van der Waals surface area contributed by atoms with E-state index in [2.05, 4.69) is 9.97 Å². The van der Waals surface area contributed by atoms with E-state index in [0.29, 0.717) is 4.88 Å². The maximum atomic E-state index is 10.6. The molecule has 5 heteroatoms. The van der Waals surface area contributed by atoms with Crippen LogP contribution < -0.4 is 4.90 Å². The summed E-state index contributed by atoms with van der Waals surface area (Å²) in [6.45, 7) is 0. The highest BCUT2D eigenvalue weighted by Crippen LogP contribution is 2.28. The Morgan fingerprint density at radius 3 is 2.86 bits per heavy atom. The summed E-state index contributed by atoms with van der Waals surface area (Å²) in [5.74, 6) is 0.847. The van der Waals surface area contributed by atoms with Gasteiger partial charge in [-0.25, -0.2) is 9.97 Å². The van der Waals surface area contributed by atoms with E-state index in [0.717, 1.165) is 22.3 Å². The van der Waals surface area contributed by atoms with Crippen LogP contribution in [-0.2, 0) is 0 Å². The van der Waals surface area contributed by atoms with E-state index in [-0.39, 0.29) is 0 Å². The summed E-state index contributed by atoms with van der Waals surface area (Å²) < 4.78 is 0. The van der Waals surface area contributed by atoms with Gasteiger partial charge in [0.25, 0.3) is 0 Å². The third-order valence-electron chi connectivity index (χ3n) is 1.87. The monoisotopic (exact) mass is 207 g/mol. The molecule has 0 radical (unpaired) electrons. The van der Waals surface area contributed by atoms with Gasteiger partial charge in [-0.1, -0.05) is 0 Å². The lowest BCUT2D eigenvalue weighted by Crippen LogP contribution is -2.10. The van der Waals surface area contributed by atoms with Crippen LogP contribution in [0.2, 0.25) is 0 Å². The molecule has 0 atom stereocenters. The number of rotatable bonds is 2.